The zero-order chi connectivity index (χ0) is 15.8. The average molecular weight is 332 g/mol. The van der Waals surface area contributed by atoms with Crippen molar-refractivity contribution in [3.63, 3.8) is 0 Å². The van der Waals surface area contributed by atoms with Gasteiger partial charge in [0.25, 0.3) is 0 Å². The third-order valence-corrected chi connectivity index (χ3v) is 3.97. The van der Waals surface area contributed by atoms with E-state index < -0.39 is 0 Å². The summed E-state index contributed by atoms with van der Waals surface area (Å²) in [5.74, 6) is 0.205. The highest BCUT2D eigenvalue weighted by Crippen LogP contribution is 2.30. The Morgan fingerprint density at radius 3 is 2.74 bits per heavy atom. The number of rotatable bonds is 2. The van der Waals surface area contributed by atoms with Crippen LogP contribution in [-0.4, -0.2) is 36.3 Å². The predicted molar refractivity (Wildman–Crippen MR) is 84.6 cm³/mol. The number of nitrogens with two attached hydrogens (primary N) is 1. The van der Waals surface area contributed by atoms with Crippen molar-refractivity contribution in [2.75, 3.05) is 12.3 Å². The minimum atomic E-state index is -0.122. The van der Waals surface area contributed by atoms with Gasteiger partial charge in [0.1, 0.15) is 0 Å². The third-order valence-electron chi connectivity index (χ3n) is 3.80. The van der Waals surface area contributed by atoms with Crippen molar-refractivity contribution in [3.8, 4) is 11.3 Å². The molecule has 0 spiro atoms. The molecule has 0 aliphatic carbocycles. The van der Waals surface area contributed by atoms with Gasteiger partial charge >= 0.3 is 0 Å². The van der Waals surface area contributed by atoms with Crippen LogP contribution in [0.4, 0.5) is 5.95 Å². The van der Waals surface area contributed by atoms with Crippen molar-refractivity contribution in [2.24, 2.45) is 0 Å². The monoisotopic (exact) mass is 331 g/mol. The second-order valence-electron chi connectivity index (χ2n) is 5.32. The summed E-state index contributed by atoms with van der Waals surface area (Å²) in [6.45, 7) is 0.726. The molecule has 0 amide bonds. The first kappa shape index (κ1) is 14.3. The number of aromatic nitrogens is 6. The Labute approximate surface area is 136 Å². The molecule has 118 valence electrons. The van der Waals surface area contributed by atoms with Gasteiger partial charge in [0.2, 0.25) is 11.2 Å². The Balaban J connectivity index is 1.86. The molecule has 4 heterocycles. The van der Waals surface area contributed by atoms with E-state index in [-0.39, 0.29) is 17.5 Å². The second-order valence-corrected chi connectivity index (χ2v) is 5.66. The molecule has 3 aromatic heterocycles. The molecular formula is C14H14ClN7O. The van der Waals surface area contributed by atoms with Gasteiger partial charge in [0.15, 0.2) is 11.9 Å². The minimum Gasteiger partial charge on any atom is -0.368 e. The Kier molecular flexibility index (Phi) is 3.55. The fraction of sp³-hybridized carbons (Fsp3) is 0.357. The molecule has 8 nitrogen and oxygen atoms in total. The highest BCUT2D eigenvalue weighted by atomic mass is 35.5. The van der Waals surface area contributed by atoms with Crippen LogP contribution in [0.2, 0.25) is 5.28 Å². The smallest absolute Gasteiger partial charge is 0.225 e. The molecule has 1 atom stereocenters. The van der Waals surface area contributed by atoms with Gasteiger partial charge in [-0.25, -0.2) is 19.6 Å². The maximum atomic E-state index is 6.10. The molecule has 0 radical (unpaired) electrons. The average Bonchev–Trinajstić information content (AvgIpc) is 2.99. The van der Waals surface area contributed by atoms with Crippen LogP contribution in [0, 0.1) is 0 Å². The van der Waals surface area contributed by atoms with Crippen molar-refractivity contribution < 1.29 is 4.74 Å². The number of nitrogen functional groups attached to an aromatic ring is 1. The van der Waals surface area contributed by atoms with E-state index in [1.807, 2.05) is 0 Å². The van der Waals surface area contributed by atoms with E-state index in [0.717, 1.165) is 31.3 Å². The van der Waals surface area contributed by atoms with E-state index in [4.69, 9.17) is 22.1 Å². The summed E-state index contributed by atoms with van der Waals surface area (Å²) in [6.07, 6.45) is 7.88. The Hall–Kier alpha value is -2.32. The van der Waals surface area contributed by atoms with E-state index in [9.17, 15) is 0 Å². The molecule has 4 rings (SSSR count). The summed E-state index contributed by atoms with van der Waals surface area (Å²) < 4.78 is 7.55. The number of hydrogen-bond donors (Lipinski definition) is 1. The van der Waals surface area contributed by atoms with E-state index >= 15 is 0 Å². The number of hydrogen-bond acceptors (Lipinski definition) is 7. The maximum absolute atomic E-state index is 6.10. The summed E-state index contributed by atoms with van der Waals surface area (Å²) in [7, 11) is 0. The minimum absolute atomic E-state index is 0.122. The van der Waals surface area contributed by atoms with E-state index in [2.05, 4.69) is 25.0 Å². The van der Waals surface area contributed by atoms with Crippen molar-refractivity contribution >= 4 is 28.6 Å². The molecule has 0 bridgehead atoms. The lowest BCUT2D eigenvalue weighted by Crippen LogP contribution is -2.19. The number of halogens is 1. The van der Waals surface area contributed by atoms with Crippen molar-refractivity contribution in [1.82, 2.24) is 29.7 Å². The van der Waals surface area contributed by atoms with Gasteiger partial charge < -0.3 is 10.5 Å². The van der Waals surface area contributed by atoms with Gasteiger partial charge in [-0.15, -0.1) is 0 Å². The molecule has 3 aromatic rings. The Morgan fingerprint density at radius 2 is 2.00 bits per heavy atom. The number of ether oxygens (including phenoxy) is 1. The van der Waals surface area contributed by atoms with Gasteiger partial charge in [-0.3, -0.25) is 0 Å². The molecule has 9 heteroatoms. The molecule has 1 aliphatic rings. The van der Waals surface area contributed by atoms with Crippen molar-refractivity contribution in [1.29, 1.82) is 0 Å². The molecule has 0 saturated carbocycles. The summed E-state index contributed by atoms with van der Waals surface area (Å²) in [4.78, 5) is 16.6. The largest absolute Gasteiger partial charge is 0.368 e. The molecule has 2 N–H and O–H groups in total. The Morgan fingerprint density at radius 1 is 1.17 bits per heavy atom. The lowest BCUT2D eigenvalue weighted by molar-refractivity contribution is -0.0370. The molecule has 23 heavy (non-hydrogen) atoms. The molecule has 1 aliphatic heterocycles. The standard InChI is InChI=1S/C14H14ClN7O/c15-13-20-11(8-5-17-14(16)18-6-8)9-7-19-22(12(9)21-13)10-3-1-2-4-23-10/h5-7,10H,1-4H2,(H2,16,17,18). The van der Waals surface area contributed by atoms with Gasteiger partial charge in [0, 0.05) is 24.6 Å². The van der Waals surface area contributed by atoms with Crippen LogP contribution in [0.15, 0.2) is 18.6 Å². The van der Waals surface area contributed by atoms with Crippen LogP contribution >= 0.6 is 11.6 Å². The lowest BCUT2D eigenvalue weighted by Gasteiger charge is -2.23. The summed E-state index contributed by atoms with van der Waals surface area (Å²) in [5, 5.41) is 5.34. The van der Waals surface area contributed by atoms with Crippen LogP contribution in [0.5, 0.6) is 0 Å². The highest BCUT2D eigenvalue weighted by Gasteiger charge is 2.22. The van der Waals surface area contributed by atoms with Gasteiger partial charge in [-0.2, -0.15) is 10.1 Å². The maximum Gasteiger partial charge on any atom is 0.225 e. The van der Waals surface area contributed by atoms with E-state index in [1.54, 1.807) is 23.3 Å². The zero-order valence-corrected chi connectivity index (χ0v) is 12.9. The van der Waals surface area contributed by atoms with Crippen molar-refractivity contribution in [3.05, 3.63) is 23.9 Å². The number of nitrogens with zero attached hydrogens (tertiary/aromatic N) is 6. The van der Waals surface area contributed by atoms with E-state index in [0.29, 0.717) is 16.9 Å². The molecule has 1 fully saturated rings. The quantitative estimate of drug-likeness (QED) is 0.718. The van der Waals surface area contributed by atoms with Gasteiger partial charge in [0.05, 0.1) is 17.3 Å². The molecule has 1 saturated heterocycles. The zero-order valence-electron chi connectivity index (χ0n) is 12.2. The predicted octanol–water partition coefficient (Wildman–Crippen LogP) is 2.22. The topological polar surface area (TPSA) is 105 Å². The first-order valence-corrected chi connectivity index (χ1v) is 7.70. The van der Waals surface area contributed by atoms with Crippen LogP contribution in [0.3, 0.4) is 0 Å². The van der Waals surface area contributed by atoms with Crippen LogP contribution in [0.1, 0.15) is 25.5 Å². The highest BCUT2D eigenvalue weighted by molar-refractivity contribution is 6.28. The molecular weight excluding hydrogens is 318 g/mol. The van der Waals surface area contributed by atoms with Crippen LogP contribution < -0.4 is 5.73 Å². The fourth-order valence-electron chi connectivity index (χ4n) is 2.71. The molecule has 0 aromatic carbocycles. The van der Waals surface area contributed by atoms with Gasteiger partial charge in [-0.1, -0.05) is 0 Å². The summed E-state index contributed by atoms with van der Waals surface area (Å²) >= 11 is 6.10. The third kappa shape index (κ3) is 2.60. The second kappa shape index (κ2) is 5.71. The summed E-state index contributed by atoms with van der Waals surface area (Å²) in [5.41, 5.74) is 7.51. The number of anilines is 1. The Bertz CT molecular complexity index is 842. The normalized spacial score (nSPS) is 18.4. The number of fused-ring (bicyclic) bond motifs is 1. The first-order chi connectivity index (χ1) is 11.2. The van der Waals surface area contributed by atoms with E-state index in [1.165, 1.54) is 0 Å². The van der Waals surface area contributed by atoms with Gasteiger partial charge in [-0.05, 0) is 30.9 Å². The van der Waals surface area contributed by atoms with Crippen LogP contribution in [0.25, 0.3) is 22.3 Å². The summed E-state index contributed by atoms with van der Waals surface area (Å²) in [6, 6.07) is 0. The van der Waals surface area contributed by atoms with Crippen molar-refractivity contribution in [2.45, 2.75) is 25.5 Å². The SMILES string of the molecule is Nc1ncc(-c2nc(Cl)nc3c2cnn3C2CCCCO2)cn1. The lowest BCUT2D eigenvalue weighted by atomic mass is 10.1. The molecule has 1 unspecified atom stereocenters. The fourth-order valence-corrected chi connectivity index (χ4v) is 2.87. The first-order valence-electron chi connectivity index (χ1n) is 7.32. The van der Waals surface area contributed by atoms with Crippen LogP contribution in [-0.2, 0) is 4.74 Å².